The SMILES string of the molecule is O=C(NCCC1=CCCCC1)NCc1ccc(OC(F)F)cc1. The van der Waals surface area contributed by atoms with E-state index in [0.717, 1.165) is 24.8 Å². The zero-order valence-electron chi connectivity index (χ0n) is 13.0. The van der Waals surface area contributed by atoms with Crippen molar-refractivity contribution in [2.45, 2.75) is 45.3 Å². The van der Waals surface area contributed by atoms with Gasteiger partial charge in [0.05, 0.1) is 0 Å². The molecule has 0 atom stereocenters. The van der Waals surface area contributed by atoms with Crippen LogP contribution in [0.4, 0.5) is 13.6 Å². The Kier molecular flexibility index (Phi) is 6.84. The lowest BCUT2D eigenvalue weighted by atomic mass is 9.97. The molecule has 0 bridgehead atoms. The van der Waals surface area contributed by atoms with Crippen molar-refractivity contribution in [3.63, 3.8) is 0 Å². The molecule has 0 aromatic heterocycles. The number of rotatable bonds is 7. The average molecular weight is 324 g/mol. The average Bonchev–Trinajstić information content (AvgIpc) is 2.55. The van der Waals surface area contributed by atoms with Gasteiger partial charge in [-0.2, -0.15) is 8.78 Å². The number of carbonyl (C=O) groups excluding carboxylic acids is 1. The van der Waals surface area contributed by atoms with E-state index in [9.17, 15) is 13.6 Å². The van der Waals surface area contributed by atoms with Crippen molar-refractivity contribution in [2.75, 3.05) is 6.54 Å². The maximum Gasteiger partial charge on any atom is 0.387 e. The lowest BCUT2D eigenvalue weighted by Crippen LogP contribution is -2.35. The van der Waals surface area contributed by atoms with Crippen LogP contribution >= 0.6 is 0 Å². The van der Waals surface area contributed by atoms with Crippen LogP contribution in [0.15, 0.2) is 35.9 Å². The molecule has 0 heterocycles. The highest BCUT2D eigenvalue weighted by atomic mass is 19.3. The number of halogens is 2. The molecule has 2 amide bonds. The lowest BCUT2D eigenvalue weighted by Gasteiger charge is -2.13. The molecule has 0 radical (unpaired) electrons. The molecule has 1 aliphatic rings. The maximum atomic E-state index is 12.0. The molecule has 126 valence electrons. The van der Waals surface area contributed by atoms with E-state index in [1.807, 2.05) is 0 Å². The van der Waals surface area contributed by atoms with Crippen LogP contribution in [-0.2, 0) is 6.54 Å². The quantitative estimate of drug-likeness (QED) is 0.746. The number of urea groups is 1. The number of carbonyl (C=O) groups is 1. The smallest absolute Gasteiger partial charge is 0.387 e. The van der Waals surface area contributed by atoms with Crippen molar-refractivity contribution in [1.82, 2.24) is 10.6 Å². The van der Waals surface area contributed by atoms with Gasteiger partial charge in [-0.1, -0.05) is 23.8 Å². The van der Waals surface area contributed by atoms with Gasteiger partial charge in [-0.25, -0.2) is 4.79 Å². The van der Waals surface area contributed by atoms with Crippen LogP contribution in [0.5, 0.6) is 5.75 Å². The van der Waals surface area contributed by atoms with E-state index < -0.39 is 6.61 Å². The van der Waals surface area contributed by atoms with Crippen molar-refractivity contribution in [1.29, 1.82) is 0 Å². The second-order valence-corrected chi connectivity index (χ2v) is 5.49. The fourth-order valence-electron chi connectivity index (χ4n) is 2.50. The fourth-order valence-corrected chi connectivity index (χ4v) is 2.50. The summed E-state index contributed by atoms with van der Waals surface area (Å²) in [5, 5.41) is 5.56. The number of allylic oxidation sites excluding steroid dienone is 1. The third-order valence-electron chi connectivity index (χ3n) is 3.72. The van der Waals surface area contributed by atoms with Gasteiger partial charge in [0.25, 0.3) is 0 Å². The van der Waals surface area contributed by atoms with Crippen molar-refractivity contribution in [3.05, 3.63) is 41.5 Å². The highest BCUT2D eigenvalue weighted by molar-refractivity contribution is 5.73. The molecule has 4 nitrogen and oxygen atoms in total. The topological polar surface area (TPSA) is 50.4 Å². The van der Waals surface area contributed by atoms with Gasteiger partial charge < -0.3 is 15.4 Å². The molecule has 0 fully saturated rings. The van der Waals surface area contributed by atoms with E-state index in [2.05, 4.69) is 21.4 Å². The molecule has 1 aromatic carbocycles. The molecule has 1 aromatic rings. The van der Waals surface area contributed by atoms with E-state index in [4.69, 9.17) is 0 Å². The van der Waals surface area contributed by atoms with Crippen LogP contribution in [0.3, 0.4) is 0 Å². The molecule has 2 rings (SSSR count). The van der Waals surface area contributed by atoms with Crippen molar-refractivity contribution in [3.8, 4) is 5.75 Å². The number of benzene rings is 1. The Morgan fingerprint density at radius 1 is 1.17 bits per heavy atom. The summed E-state index contributed by atoms with van der Waals surface area (Å²) < 4.78 is 28.3. The Bertz CT molecular complexity index is 530. The minimum Gasteiger partial charge on any atom is -0.435 e. The number of hydrogen-bond donors (Lipinski definition) is 2. The predicted octanol–water partition coefficient (Wildman–Crippen LogP) is 3.98. The highest BCUT2D eigenvalue weighted by Gasteiger charge is 2.06. The zero-order chi connectivity index (χ0) is 16.5. The van der Waals surface area contributed by atoms with Crippen molar-refractivity contribution < 1.29 is 18.3 Å². The fraction of sp³-hybridized carbons (Fsp3) is 0.471. The Morgan fingerprint density at radius 3 is 2.61 bits per heavy atom. The van der Waals surface area contributed by atoms with Gasteiger partial charge in [0.1, 0.15) is 5.75 Å². The van der Waals surface area contributed by atoms with Crippen LogP contribution in [0.25, 0.3) is 0 Å². The first-order valence-electron chi connectivity index (χ1n) is 7.87. The third kappa shape index (κ3) is 6.67. The summed E-state index contributed by atoms with van der Waals surface area (Å²) in [5.74, 6) is 0.106. The monoisotopic (exact) mass is 324 g/mol. The summed E-state index contributed by atoms with van der Waals surface area (Å²) >= 11 is 0. The third-order valence-corrected chi connectivity index (χ3v) is 3.72. The summed E-state index contributed by atoms with van der Waals surface area (Å²) in [7, 11) is 0. The number of ether oxygens (including phenoxy) is 1. The van der Waals surface area contributed by atoms with Crippen LogP contribution < -0.4 is 15.4 Å². The first-order chi connectivity index (χ1) is 11.1. The molecule has 23 heavy (non-hydrogen) atoms. The van der Waals surface area contributed by atoms with Gasteiger partial charge in [-0.15, -0.1) is 0 Å². The number of alkyl halides is 2. The second kappa shape index (κ2) is 9.12. The second-order valence-electron chi connectivity index (χ2n) is 5.49. The van der Waals surface area contributed by atoms with Gasteiger partial charge >= 0.3 is 12.6 Å². The molecule has 0 saturated carbocycles. The molecule has 0 saturated heterocycles. The molecule has 1 aliphatic carbocycles. The molecular formula is C17H22F2N2O2. The summed E-state index contributed by atoms with van der Waals surface area (Å²) in [6, 6.07) is 5.97. The van der Waals surface area contributed by atoms with Crippen LogP contribution in [0.2, 0.25) is 0 Å². The summed E-state index contributed by atoms with van der Waals surface area (Å²) in [6.07, 6.45) is 7.95. The molecule has 6 heteroatoms. The van der Waals surface area contributed by atoms with E-state index in [1.54, 1.807) is 12.1 Å². The first-order valence-corrected chi connectivity index (χ1v) is 7.87. The number of amides is 2. The zero-order valence-corrected chi connectivity index (χ0v) is 13.0. The Hall–Kier alpha value is -2.11. The Balaban J connectivity index is 1.64. The summed E-state index contributed by atoms with van der Waals surface area (Å²) in [4.78, 5) is 11.7. The predicted molar refractivity (Wildman–Crippen MR) is 84.5 cm³/mol. The molecule has 2 N–H and O–H groups in total. The van der Waals surface area contributed by atoms with E-state index in [-0.39, 0.29) is 11.8 Å². The van der Waals surface area contributed by atoms with Crippen LogP contribution in [0.1, 0.15) is 37.7 Å². The van der Waals surface area contributed by atoms with Crippen LogP contribution in [0, 0.1) is 0 Å². The minimum absolute atomic E-state index is 0.106. The van der Waals surface area contributed by atoms with E-state index >= 15 is 0 Å². The van der Waals surface area contributed by atoms with Crippen molar-refractivity contribution >= 4 is 6.03 Å². The van der Waals surface area contributed by atoms with Gasteiger partial charge in [0.2, 0.25) is 0 Å². The van der Waals surface area contributed by atoms with Crippen LogP contribution in [-0.4, -0.2) is 19.2 Å². The molecule has 0 spiro atoms. The molecule has 0 unspecified atom stereocenters. The van der Waals surface area contributed by atoms with E-state index in [0.29, 0.717) is 13.1 Å². The van der Waals surface area contributed by atoms with Crippen molar-refractivity contribution in [2.24, 2.45) is 0 Å². The highest BCUT2D eigenvalue weighted by Crippen LogP contribution is 2.19. The first kappa shape index (κ1) is 17.2. The summed E-state index contributed by atoms with van der Waals surface area (Å²) in [5.41, 5.74) is 2.24. The minimum atomic E-state index is -2.83. The van der Waals surface area contributed by atoms with Gasteiger partial charge in [-0.3, -0.25) is 0 Å². The molecular weight excluding hydrogens is 302 g/mol. The maximum absolute atomic E-state index is 12.0. The normalized spacial score (nSPS) is 14.3. The largest absolute Gasteiger partial charge is 0.435 e. The van der Waals surface area contributed by atoms with Gasteiger partial charge in [0.15, 0.2) is 0 Å². The molecule has 0 aliphatic heterocycles. The number of hydrogen-bond acceptors (Lipinski definition) is 2. The van der Waals surface area contributed by atoms with E-state index in [1.165, 1.54) is 30.5 Å². The lowest BCUT2D eigenvalue weighted by molar-refractivity contribution is -0.0498. The Labute approximate surface area is 134 Å². The van der Waals surface area contributed by atoms with Gasteiger partial charge in [-0.05, 0) is 49.8 Å². The Morgan fingerprint density at radius 2 is 1.96 bits per heavy atom. The number of nitrogens with one attached hydrogen (secondary N) is 2. The van der Waals surface area contributed by atoms with Gasteiger partial charge in [0, 0.05) is 13.1 Å². The standard InChI is InChI=1S/C17H22F2N2O2/c18-16(19)23-15-8-6-14(7-9-15)12-21-17(22)20-11-10-13-4-2-1-3-5-13/h4,6-9,16H,1-3,5,10-12H2,(H2,20,21,22). The summed E-state index contributed by atoms with van der Waals surface area (Å²) in [6.45, 7) is -1.87.